The highest BCUT2D eigenvalue weighted by Crippen LogP contribution is 2.26. The van der Waals surface area contributed by atoms with Gasteiger partial charge < -0.3 is 9.52 Å². The summed E-state index contributed by atoms with van der Waals surface area (Å²) in [5, 5.41) is 10.7. The van der Waals surface area contributed by atoms with Gasteiger partial charge in [0, 0.05) is 12.6 Å². The Balaban J connectivity index is 2.17. The van der Waals surface area contributed by atoms with Crippen LogP contribution in [0.3, 0.4) is 0 Å². The summed E-state index contributed by atoms with van der Waals surface area (Å²) in [6.45, 7) is 0. The van der Waals surface area contributed by atoms with Gasteiger partial charge in [-0.1, -0.05) is 23.2 Å². The maximum atomic E-state index is 9.93. The molecule has 0 aromatic carbocycles. The molecule has 0 bridgehead atoms. The molecule has 0 radical (unpaired) electrons. The molecule has 84 valence electrons. The van der Waals surface area contributed by atoms with E-state index < -0.39 is 6.10 Å². The molecule has 0 aliphatic heterocycles. The van der Waals surface area contributed by atoms with Gasteiger partial charge in [0.25, 0.3) is 0 Å². The molecular weight excluding hydrogens is 249 g/mol. The van der Waals surface area contributed by atoms with Crippen LogP contribution in [0.15, 0.2) is 35.3 Å². The maximum Gasteiger partial charge on any atom is 0.102 e. The summed E-state index contributed by atoms with van der Waals surface area (Å²) in [4.78, 5) is 4.01. The molecule has 2 heterocycles. The van der Waals surface area contributed by atoms with Gasteiger partial charge in [-0.2, -0.15) is 0 Å². The van der Waals surface area contributed by atoms with Crippen LogP contribution in [0.2, 0.25) is 10.0 Å². The molecule has 0 fully saturated rings. The van der Waals surface area contributed by atoms with Crippen molar-refractivity contribution in [3.63, 3.8) is 0 Å². The average molecular weight is 258 g/mol. The average Bonchev–Trinajstić information content (AvgIpc) is 2.70. The first kappa shape index (κ1) is 11.5. The van der Waals surface area contributed by atoms with Crippen LogP contribution in [0.4, 0.5) is 0 Å². The molecule has 0 amide bonds. The largest absolute Gasteiger partial charge is 0.472 e. The minimum Gasteiger partial charge on any atom is -0.472 e. The Morgan fingerprint density at radius 1 is 1.44 bits per heavy atom. The van der Waals surface area contributed by atoms with Gasteiger partial charge in [-0.15, -0.1) is 0 Å². The fraction of sp³-hybridized carbons (Fsp3) is 0.182. The highest BCUT2D eigenvalue weighted by Gasteiger charge is 2.14. The predicted octanol–water partition coefficient (Wildman–Crippen LogP) is 3.26. The lowest BCUT2D eigenvalue weighted by Gasteiger charge is -2.10. The SMILES string of the molecule is OC(Cc1ccoc1)c1ncc(Cl)cc1Cl. The number of furan rings is 1. The van der Waals surface area contributed by atoms with Crippen molar-refractivity contribution in [3.8, 4) is 0 Å². The number of hydrogen-bond acceptors (Lipinski definition) is 3. The zero-order valence-electron chi connectivity index (χ0n) is 8.23. The van der Waals surface area contributed by atoms with Gasteiger partial charge in [0.1, 0.15) is 6.10 Å². The van der Waals surface area contributed by atoms with Crippen molar-refractivity contribution in [3.05, 3.63) is 52.2 Å². The van der Waals surface area contributed by atoms with E-state index >= 15 is 0 Å². The smallest absolute Gasteiger partial charge is 0.102 e. The van der Waals surface area contributed by atoms with Gasteiger partial charge in [0.15, 0.2) is 0 Å². The Kier molecular flexibility index (Phi) is 3.49. The summed E-state index contributed by atoms with van der Waals surface area (Å²) >= 11 is 11.7. The number of nitrogens with zero attached hydrogens (tertiary/aromatic N) is 1. The van der Waals surface area contributed by atoms with Crippen molar-refractivity contribution in [2.24, 2.45) is 0 Å². The van der Waals surface area contributed by atoms with Crippen LogP contribution in [0.1, 0.15) is 17.4 Å². The normalized spacial score (nSPS) is 12.7. The zero-order valence-corrected chi connectivity index (χ0v) is 9.74. The number of aliphatic hydroxyl groups excluding tert-OH is 1. The molecule has 0 saturated heterocycles. The summed E-state index contributed by atoms with van der Waals surface area (Å²) in [7, 11) is 0. The van der Waals surface area contributed by atoms with Crippen molar-refractivity contribution >= 4 is 23.2 Å². The summed E-state index contributed by atoms with van der Waals surface area (Å²) in [5.74, 6) is 0. The molecule has 1 atom stereocenters. The van der Waals surface area contributed by atoms with Gasteiger partial charge >= 0.3 is 0 Å². The Morgan fingerprint density at radius 3 is 2.88 bits per heavy atom. The van der Waals surface area contributed by atoms with E-state index in [9.17, 15) is 5.11 Å². The van der Waals surface area contributed by atoms with Crippen LogP contribution in [0.25, 0.3) is 0 Å². The van der Waals surface area contributed by atoms with Gasteiger partial charge in [-0.25, -0.2) is 0 Å². The van der Waals surface area contributed by atoms with Crippen molar-refractivity contribution in [2.45, 2.75) is 12.5 Å². The van der Waals surface area contributed by atoms with Crippen molar-refractivity contribution in [1.29, 1.82) is 0 Å². The second-order valence-corrected chi connectivity index (χ2v) is 4.22. The summed E-state index contributed by atoms with van der Waals surface area (Å²) in [6, 6.07) is 3.34. The number of aromatic nitrogens is 1. The Morgan fingerprint density at radius 2 is 2.25 bits per heavy atom. The lowest BCUT2D eigenvalue weighted by Crippen LogP contribution is -2.04. The van der Waals surface area contributed by atoms with Crippen molar-refractivity contribution in [2.75, 3.05) is 0 Å². The number of pyridine rings is 1. The Labute approximate surface area is 103 Å². The summed E-state index contributed by atoms with van der Waals surface area (Å²) in [5.41, 5.74) is 1.31. The molecule has 2 aromatic rings. The molecule has 2 rings (SSSR count). The first-order chi connectivity index (χ1) is 7.66. The number of hydrogen-bond donors (Lipinski definition) is 1. The van der Waals surface area contributed by atoms with Gasteiger partial charge in [-0.3, -0.25) is 4.98 Å². The van der Waals surface area contributed by atoms with Gasteiger partial charge in [0.2, 0.25) is 0 Å². The van der Waals surface area contributed by atoms with E-state index in [0.717, 1.165) is 5.56 Å². The minimum absolute atomic E-state index is 0.364. The predicted molar refractivity (Wildman–Crippen MR) is 61.6 cm³/mol. The highest BCUT2D eigenvalue weighted by molar-refractivity contribution is 6.34. The molecule has 0 aliphatic rings. The van der Waals surface area contributed by atoms with Crippen LogP contribution in [-0.4, -0.2) is 10.1 Å². The van der Waals surface area contributed by atoms with E-state index in [2.05, 4.69) is 4.98 Å². The van der Waals surface area contributed by atoms with Crippen molar-refractivity contribution < 1.29 is 9.52 Å². The third kappa shape index (κ3) is 2.55. The summed E-state index contributed by atoms with van der Waals surface area (Å²) in [6.07, 6.45) is 4.24. The molecule has 0 saturated carbocycles. The zero-order chi connectivity index (χ0) is 11.5. The van der Waals surface area contributed by atoms with Crippen molar-refractivity contribution in [1.82, 2.24) is 4.98 Å². The first-order valence-corrected chi connectivity index (χ1v) is 5.42. The van der Waals surface area contributed by atoms with E-state index in [1.54, 1.807) is 24.7 Å². The molecule has 1 N–H and O–H groups in total. The first-order valence-electron chi connectivity index (χ1n) is 4.67. The van der Waals surface area contributed by atoms with E-state index in [4.69, 9.17) is 27.6 Å². The van der Waals surface area contributed by atoms with Crippen LogP contribution in [0, 0.1) is 0 Å². The molecule has 2 aromatic heterocycles. The van der Waals surface area contributed by atoms with Crippen LogP contribution < -0.4 is 0 Å². The fourth-order valence-electron chi connectivity index (χ4n) is 1.40. The maximum absolute atomic E-state index is 9.93. The molecule has 1 unspecified atom stereocenters. The molecule has 3 nitrogen and oxygen atoms in total. The molecule has 5 heteroatoms. The van der Waals surface area contributed by atoms with E-state index in [0.29, 0.717) is 22.2 Å². The van der Waals surface area contributed by atoms with E-state index in [1.807, 2.05) is 0 Å². The second kappa shape index (κ2) is 4.87. The quantitative estimate of drug-likeness (QED) is 0.919. The Hall–Kier alpha value is -1.03. The topological polar surface area (TPSA) is 46.3 Å². The van der Waals surface area contributed by atoms with Crippen LogP contribution in [0.5, 0.6) is 0 Å². The molecule has 16 heavy (non-hydrogen) atoms. The second-order valence-electron chi connectivity index (χ2n) is 3.37. The van der Waals surface area contributed by atoms with Crippen LogP contribution >= 0.6 is 23.2 Å². The summed E-state index contributed by atoms with van der Waals surface area (Å²) < 4.78 is 4.91. The third-order valence-corrected chi connectivity index (χ3v) is 2.67. The Bertz CT molecular complexity index is 471. The highest BCUT2D eigenvalue weighted by atomic mass is 35.5. The van der Waals surface area contributed by atoms with Gasteiger partial charge in [0.05, 0.1) is 28.3 Å². The monoisotopic (exact) mass is 257 g/mol. The number of halogens is 2. The molecule has 0 aliphatic carbocycles. The van der Waals surface area contributed by atoms with E-state index in [1.165, 1.54) is 6.20 Å². The fourth-order valence-corrected chi connectivity index (χ4v) is 1.91. The lowest BCUT2D eigenvalue weighted by molar-refractivity contribution is 0.173. The standard InChI is InChI=1S/C11H9Cl2NO2/c12-8-4-9(13)11(14-5-8)10(15)3-7-1-2-16-6-7/h1-2,4-6,10,15H,3H2. The third-order valence-electron chi connectivity index (χ3n) is 2.16. The lowest BCUT2D eigenvalue weighted by atomic mass is 10.1. The molecular formula is C11H9Cl2NO2. The van der Waals surface area contributed by atoms with E-state index in [-0.39, 0.29) is 0 Å². The number of rotatable bonds is 3. The minimum atomic E-state index is -0.762. The van der Waals surface area contributed by atoms with Crippen LogP contribution in [-0.2, 0) is 6.42 Å². The van der Waals surface area contributed by atoms with Gasteiger partial charge in [-0.05, 0) is 17.7 Å². The number of aliphatic hydroxyl groups is 1. The molecule has 0 spiro atoms.